The summed E-state index contributed by atoms with van der Waals surface area (Å²) >= 11 is 6.19. The zero-order valence-corrected chi connectivity index (χ0v) is 20.7. The second kappa shape index (κ2) is 12.6. The van der Waals surface area contributed by atoms with Crippen molar-refractivity contribution < 1.29 is 14.4 Å². The van der Waals surface area contributed by atoms with Crippen molar-refractivity contribution in [2.45, 2.75) is 45.6 Å². The van der Waals surface area contributed by atoms with E-state index in [1.807, 2.05) is 49.1 Å². The van der Waals surface area contributed by atoms with Crippen LogP contribution in [0.4, 0.5) is 0 Å². The number of piperidine rings is 1. The maximum atomic E-state index is 13.0. The highest BCUT2D eigenvalue weighted by atomic mass is 35.5. The minimum atomic E-state index is -0.677. The number of carbonyl (C=O) groups is 3. The monoisotopic (exact) mass is 483 g/mol. The fraction of sp³-hybridized carbons (Fsp3) is 0.444. The number of carbonyl (C=O) groups excluding carboxylic acids is 3. The lowest BCUT2D eigenvalue weighted by Crippen LogP contribution is -2.54. The van der Waals surface area contributed by atoms with Crippen molar-refractivity contribution in [1.29, 1.82) is 0 Å². The standard InChI is InChI=1S/C27H34ClN3O3/c1-19(2)18-29-27(34)25(30-26(33)22-10-6-7-11-23(22)28)21-14-16-31(17-15-21)24(32)13-12-20-8-4-3-5-9-20/h3-11,19,21,25H,12-18H2,1-2H3,(H,29,34)(H,30,33)/t25-/m1/s1. The van der Waals surface area contributed by atoms with Crippen LogP contribution in [0.3, 0.4) is 0 Å². The lowest BCUT2D eigenvalue weighted by molar-refractivity contribution is -0.133. The van der Waals surface area contributed by atoms with Crippen LogP contribution in [0.25, 0.3) is 0 Å². The number of nitrogens with zero attached hydrogens (tertiary/aromatic N) is 1. The molecular weight excluding hydrogens is 450 g/mol. The zero-order valence-electron chi connectivity index (χ0n) is 19.9. The van der Waals surface area contributed by atoms with Crippen molar-refractivity contribution in [3.05, 3.63) is 70.7 Å². The highest BCUT2D eigenvalue weighted by Crippen LogP contribution is 2.23. The minimum absolute atomic E-state index is 0.0585. The van der Waals surface area contributed by atoms with Gasteiger partial charge in [-0.3, -0.25) is 14.4 Å². The van der Waals surface area contributed by atoms with Crippen molar-refractivity contribution in [3.8, 4) is 0 Å². The lowest BCUT2D eigenvalue weighted by Gasteiger charge is -2.36. The molecule has 7 heteroatoms. The largest absolute Gasteiger partial charge is 0.354 e. The summed E-state index contributed by atoms with van der Waals surface area (Å²) in [5.74, 6) is -0.187. The van der Waals surface area contributed by atoms with Gasteiger partial charge in [0.05, 0.1) is 10.6 Å². The van der Waals surface area contributed by atoms with Gasteiger partial charge in [0.25, 0.3) is 5.91 Å². The van der Waals surface area contributed by atoms with Crippen LogP contribution in [0.15, 0.2) is 54.6 Å². The molecule has 3 amide bonds. The fourth-order valence-electron chi connectivity index (χ4n) is 4.21. The summed E-state index contributed by atoms with van der Waals surface area (Å²) in [5, 5.41) is 6.22. The van der Waals surface area contributed by atoms with Gasteiger partial charge >= 0.3 is 0 Å². The van der Waals surface area contributed by atoms with Crippen molar-refractivity contribution in [1.82, 2.24) is 15.5 Å². The number of likely N-dealkylation sites (tertiary alicyclic amines) is 1. The molecule has 34 heavy (non-hydrogen) atoms. The Bertz CT molecular complexity index is 972. The predicted octanol–water partition coefficient (Wildman–Crippen LogP) is 4.08. The van der Waals surface area contributed by atoms with E-state index in [1.165, 1.54) is 0 Å². The first kappa shape index (κ1) is 25.8. The van der Waals surface area contributed by atoms with Crippen molar-refractivity contribution in [2.75, 3.05) is 19.6 Å². The van der Waals surface area contributed by atoms with E-state index in [2.05, 4.69) is 10.6 Å². The topological polar surface area (TPSA) is 78.5 Å². The van der Waals surface area contributed by atoms with Gasteiger partial charge in [-0.2, -0.15) is 0 Å². The molecule has 182 valence electrons. The van der Waals surface area contributed by atoms with E-state index in [-0.39, 0.29) is 23.6 Å². The Morgan fingerprint density at radius 2 is 1.65 bits per heavy atom. The molecule has 3 rings (SSSR count). The highest BCUT2D eigenvalue weighted by molar-refractivity contribution is 6.33. The van der Waals surface area contributed by atoms with Crippen LogP contribution >= 0.6 is 11.6 Å². The molecule has 0 aromatic heterocycles. The average molecular weight is 484 g/mol. The van der Waals surface area contributed by atoms with Crippen molar-refractivity contribution >= 4 is 29.3 Å². The molecule has 0 saturated carbocycles. The second-order valence-corrected chi connectivity index (χ2v) is 9.68. The van der Waals surface area contributed by atoms with Gasteiger partial charge in [-0.1, -0.05) is 67.9 Å². The molecule has 1 saturated heterocycles. The van der Waals surface area contributed by atoms with Crippen LogP contribution in [-0.4, -0.2) is 48.3 Å². The van der Waals surface area contributed by atoms with E-state index >= 15 is 0 Å². The summed E-state index contributed by atoms with van der Waals surface area (Å²) < 4.78 is 0. The van der Waals surface area contributed by atoms with Gasteiger partial charge in [-0.15, -0.1) is 0 Å². The third kappa shape index (κ3) is 7.32. The van der Waals surface area contributed by atoms with E-state index in [9.17, 15) is 14.4 Å². The molecule has 2 N–H and O–H groups in total. The first-order valence-corrected chi connectivity index (χ1v) is 12.4. The molecule has 1 heterocycles. The normalized spacial score (nSPS) is 15.1. The van der Waals surface area contributed by atoms with Crippen LogP contribution in [0.2, 0.25) is 5.02 Å². The Morgan fingerprint density at radius 1 is 1.00 bits per heavy atom. The van der Waals surface area contributed by atoms with E-state index in [0.29, 0.717) is 61.8 Å². The lowest BCUT2D eigenvalue weighted by atomic mass is 9.88. The Balaban J connectivity index is 1.61. The van der Waals surface area contributed by atoms with Gasteiger partial charge in [0.2, 0.25) is 11.8 Å². The summed E-state index contributed by atoms with van der Waals surface area (Å²) in [6.45, 7) is 5.74. The minimum Gasteiger partial charge on any atom is -0.354 e. The summed E-state index contributed by atoms with van der Waals surface area (Å²) in [7, 11) is 0. The quantitative estimate of drug-likeness (QED) is 0.564. The van der Waals surface area contributed by atoms with Crippen LogP contribution < -0.4 is 10.6 Å². The summed E-state index contributed by atoms with van der Waals surface area (Å²) in [6.07, 6.45) is 2.49. The van der Waals surface area contributed by atoms with E-state index in [1.54, 1.807) is 24.3 Å². The molecule has 0 spiro atoms. The Kier molecular flexibility index (Phi) is 9.52. The molecule has 2 aromatic carbocycles. The molecule has 1 fully saturated rings. The van der Waals surface area contributed by atoms with E-state index in [4.69, 9.17) is 11.6 Å². The number of benzene rings is 2. The molecule has 0 unspecified atom stereocenters. The van der Waals surface area contributed by atoms with Gasteiger partial charge in [-0.25, -0.2) is 0 Å². The number of nitrogens with one attached hydrogen (secondary N) is 2. The van der Waals surface area contributed by atoms with Crippen LogP contribution in [-0.2, 0) is 16.0 Å². The molecule has 1 aliphatic rings. The van der Waals surface area contributed by atoms with Crippen LogP contribution in [0.5, 0.6) is 0 Å². The molecule has 1 atom stereocenters. The average Bonchev–Trinajstić information content (AvgIpc) is 2.85. The fourth-order valence-corrected chi connectivity index (χ4v) is 4.43. The third-order valence-corrected chi connectivity index (χ3v) is 6.54. The zero-order chi connectivity index (χ0) is 24.5. The molecule has 0 radical (unpaired) electrons. The number of rotatable bonds is 9. The first-order valence-electron chi connectivity index (χ1n) is 12.0. The first-order chi connectivity index (χ1) is 16.3. The summed E-state index contributed by atoms with van der Waals surface area (Å²) in [6, 6.07) is 16.1. The number of amides is 3. The molecular formula is C27H34ClN3O3. The van der Waals surface area contributed by atoms with Crippen LogP contribution in [0.1, 0.15) is 49.0 Å². The van der Waals surface area contributed by atoms with E-state index in [0.717, 1.165) is 5.56 Å². The van der Waals surface area contributed by atoms with Crippen molar-refractivity contribution in [3.63, 3.8) is 0 Å². The summed E-state index contributed by atoms with van der Waals surface area (Å²) in [5.41, 5.74) is 1.49. The number of aryl methyl sites for hydroxylation is 1. The summed E-state index contributed by atoms with van der Waals surface area (Å²) in [4.78, 5) is 40.5. The number of hydrogen-bond acceptors (Lipinski definition) is 3. The highest BCUT2D eigenvalue weighted by Gasteiger charge is 2.34. The number of hydrogen-bond donors (Lipinski definition) is 2. The Morgan fingerprint density at radius 3 is 2.29 bits per heavy atom. The van der Waals surface area contributed by atoms with Gasteiger partial charge < -0.3 is 15.5 Å². The maximum absolute atomic E-state index is 13.0. The maximum Gasteiger partial charge on any atom is 0.253 e. The molecule has 1 aliphatic heterocycles. The second-order valence-electron chi connectivity index (χ2n) is 9.27. The smallest absolute Gasteiger partial charge is 0.253 e. The van der Waals surface area contributed by atoms with Gasteiger partial charge in [0.1, 0.15) is 6.04 Å². The SMILES string of the molecule is CC(C)CNC(=O)[C@H](NC(=O)c1ccccc1Cl)C1CCN(C(=O)CCc2ccccc2)CC1. The Labute approximate surface area is 207 Å². The van der Waals surface area contributed by atoms with Crippen molar-refractivity contribution in [2.24, 2.45) is 11.8 Å². The van der Waals surface area contributed by atoms with Gasteiger partial charge in [-0.05, 0) is 48.8 Å². The Hall–Kier alpha value is -2.86. The molecule has 0 aliphatic carbocycles. The molecule has 6 nitrogen and oxygen atoms in total. The molecule has 0 bridgehead atoms. The number of halogens is 1. The third-order valence-electron chi connectivity index (χ3n) is 6.21. The van der Waals surface area contributed by atoms with Gasteiger partial charge in [0.15, 0.2) is 0 Å². The predicted molar refractivity (Wildman–Crippen MR) is 135 cm³/mol. The van der Waals surface area contributed by atoms with E-state index < -0.39 is 6.04 Å². The van der Waals surface area contributed by atoms with Crippen LogP contribution in [0, 0.1) is 11.8 Å². The van der Waals surface area contributed by atoms with Gasteiger partial charge in [0, 0.05) is 26.1 Å². The molecule has 2 aromatic rings.